The average Bonchev–Trinajstić information content (AvgIpc) is 2.81. The molecule has 0 aliphatic carbocycles. The molecule has 16 heavy (non-hydrogen) atoms. The van der Waals surface area contributed by atoms with Crippen LogP contribution in [-0.2, 0) is 0 Å². The van der Waals surface area contributed by atoms with Gasteiger partial charge in [0.2, 0.25) is 0 Å². The van der Waals surface area contributed by atoms with Crippen LogP contribution in [0.2, 0.25) is 0 Å². The number of pyridine rings is 1. The minimum absolute atomic E-state index is 0.134. The van der Waals surface area contributed by atoms with E-state index in [1.165, 1.54) is 11.8 Å². The molecule has 1 aromatic heterocycles. The Hall–Kier alpha value is -1.01. The first-order chi connectivity index (χ1) is 7.81. The zero-order valence-electron chi connectivity index (χ0n) is 8.77. The highest BCUT2D eigenvalue weighted by atomic mass is 32.2. The van der Waals surface area contributed by atoms with Gasteiger partial charge in [-0.25, -0.2) is 4.98 Å². The number of thioether (sulfide) groups is 2. The predicted octanol–water partition coefficient (Wildman–Crippen LogP) is 1.64. The minimum Gasteiger partial charge on any atom is -0.301 e. The second-order valence-corrected chi connectivity index (χ2v) is 4.93. The third kappa shape index (κ3) is 2.56. The Bertz CT molecular complexity index is 434. The molecule has 0 aromatic carbocycles. The normalized spacial score (nSPS) is 14.7. The Morgan fingerprint density at radius 1 is 1.62 bits per heavy atom. The topological polar surface area (TPSA) is 54.4 Å². The quantitative estimate of drug-likeness (QED) is 0.814. The molecule has 1 aliphatic heterocycles. The molecule has 84 valence electrons. The maximum absolute atomic E-state index is 11.9. The van der Waals surface area contributed by atoms with Crippen molar-refractivity contribution in [3.8, 4) is 0 Å². The Morgan fingerprint density at radius 3 is 3.19 bits per heavy atom. The van der Waals surface area contributed by atoms with Crippen molar-refractivity contribution in [2.75, 3.05) is 18.6 Å². The van der Waals surface area contributed by atoms with E-state index >= 15 is 0 Å². The molecule has 0 unspecified atom stereocenters. The van der Waals surface area contributed by atoms with Gasteiger partial charge in [-0.3, -0.25) is 9.79 Å². The van der Waals surface area contributed by atoms with Crippen LogP contribution >= 0.6 is 23.5 Å². The molecular weight excluding hydrogens is 242 g/mol. The Kier molecular flexibility index (Phi) is 3.84. The molecule has 0 fully saturated rings. The number of hydrogen-bond donors (Lipinski definition) is 1. The zero-order valence-corrected chi connectivity index (χ0v) is 10.4. The van der Waals surface area contributed by atoms with Crippen molar-refractivity contribution < 1.29 is 4.79 Å². The fourth-order valence-corrected chi connectivity index (χ4v) is 2.57. The largest absolute Gasteiger partial charge is 0.301 e. The van der Waals surface area contributed by atoms with E-state index in [1.807, 2.05) is 6.26 Å². The molecular formula is C10H11N3OS2. The van der Waals surface area contributed by atoms with Crippen molar-refractivity contribution in [1.82, 2.24) is 10.3 Å². The molecule has 1 N–H and O–H groups in total. The van der Waals surface area contributed by atoms with Gasteiger partial charge in [0.25, 0.3) is 5.91 Å². The van der Waals surface area contributed by atoms with E-state index in [0.29, 0.717) is 10.7 Å². The van der Waals surface area contributed by atoms with Gasteiger partial charge in [0.05, 0.1) is 12.1 Å². The summed E-state index contributed by atoms with van der Waals surface area (Å²) in [6.45, 7) is 0.780. The summed E-state index contributed by atoms with van der Waals surface area (Å²) in [5, 5.41) is 4.24. The molecule has 1 aromatic rings. The summed E-state index contributed by atoms with van der Waals surface area (Å²) in [6, 6.07) is 3.53. The van der Waals surface area contributed by atoms with Crippen molar-refractivity contribution in [2.24, 2.45) is 4.99 Å². The molecule has 0 radical (unpaired) electrons. The summed E-state index contributed by atoms with van der Waals surface area (Å²) in [5.74, 6) is 0.809. The van der Waals surface area contributed by atoms with Gasteiger partial charge in [0, 0.05) is 11.9 Å². The molecule has 1 amide bonds. The van der Waals surface area contributed by atoms with E-state index in [-0.39, 0.29) is 5.91 Å². The Morgan fingerprint density at radius 2 is 2.50 bits per heavy atom. The summed E-state index contributed by atoms with van der Waals surface area (Å²) in [5.41, 5.74) is 0.602. The van der Waals surface area contributed by atoms with E-state index in [1.54, 1.807) is 30.1 Å². The van der Waals surface area contributed by atoms with Crippen molar-refractivity contribution >= 4 is 34.6 Å². The SMILES string of the molecule is CSc1ncccc1C(=O)NC1=NCCS1. The highest BCUT2D eigenvalue weighted by molar-refractivity contribution is 8.14. The number of rotatable bonds is 2. The Balaban J connectivity index is 2.13. The highest BCUT2D eigenvalue weighted by Gasteiger charge is 2.15. The van der Waals surface area contributed by atoms with Crippen LogP contribution in [0.3, 0.4) is 0 Å². The summed E-state index contributed by atoms with van der Waals surface area (Å²) in [6.07, 6.45) is 3.59. The fraction of sp³-hybridized carbons (Fsp3) is 0.300. The Labute approximate surface area is 102 Å². The minimum atomic E-state index is -0.134. The lowest BCUT2D eigenvalue weighted by Gasteiger charge is -2.06. The number of carbonyl (C=O) groups is 1. The van der Waals surface area contributed by atoms with E-state index in [9.17, 15) is 4.79 Å². The first-order valence-corrected chi connectivity index (χ1v) is 7.00. The second-order valence-electron chi connectivity index (χ2n) is 3.05. The monoisotopic (exact) mass is 253 g/mol. The summed E-state index contributed by atoms with van der Waals surface area (Å²) < 4.78 is 0. The van der Waals surface area contributed by atoms with Gasteiger partial charge < -0.3 is 5.32 Å². The predicted molar refractivity (Wildman–Crippen MR) is 68.2 cm³/mol. The van der Waals surface area contributed by atoms with Gasteiger partial charge >= 0.3 is 0 Å². The molecule has 0 saturated carbocycles. The van der Waals surface area contributed by atoms with E-state index < -0.39 is 0 Å². The lowest BCUT2D eigenvalue weighted by molar-refractivity contribution is 0.0974. The van der Waals surface area contributed by atoms with Crippen LogP contribution in [0.1, 0.15) is 10.4 Å². The van der Waals surface area contributed by atoms with Crippen LogP contribution in [0.15, 0.2) is 28.3 Å². The van der Waals surface area contributed by atoms with Gasteiger partial charge in [-0.2, -0.15) is 0 Å². The van der Waals surface area contributed by atoms with Crippen molar-refractivity contribution in [2.45, 2.75) is 5.03 Å². The molecule has 2 rings (SSSR count). The molecule has 0 bridgehead atoms. The summed E-state index contributed by atoms with van der Waals surface area (Å²) >= 11 is 3.03. The van der Waals surface area contributed by atoms with E-state index in [4.69, 9.17) is 0 Å². The number of amidine groups is 1. The smallest absolute Gasteiger partial charge is 0.259 e. The lowest BCUT2D eigenvalue weighted by atomic mass is 10.3. The highest BCUT2D eigenvalue weighted by Crippen LogP contribution is 2.17. The molecule has 4 nitrogen and oxygen atoms in total. The number of amides is 1. The molecule has 0 saturated heterocycles. The van der Waals surface area contributed by atoms with E-state index in [0.717, 1.165) is 17.3 Å². The van der Waals surface area contributed by atoms with Crippen LogP contribution in [0, 0.1) is 0 Å². The van der Waals surface area contributed by atoms with Gasteiger partial charge in [-0.1, -0.05) is 11.8 Å². The van der Waals surface area contributed by atoms with Gasteiger partial charge in [0.1, 0.15) is 5.03 Å². The van der Waals surface area contributed by atoms with Crippen molar-refractivity contribution in [3.05, 3.63) is 23.9 Å². The van der Waals surface area contributed by atoms with E-state index in [2.05, 4.69) is 15.3 Å². The van der Waals surface area contributed by atoms with Crippen molar-refractivity contribution in [1.29, 1.82) is 0 Å². The zero-order chi connectivity index (χ0) is 11.4. The van der Waals surface area contributed by atoms with Crippen LogP contribution in [-0.4, -0.2) is 34.6 Å². The number of hydrogen-bond acceptors (Lipinski definition) is 5. The third-order valence-corrected chi connectivity index (χ3v) is 3.62. The summed E-state index contributed by atoms with van der Waals surface area (Å²) in [7, 11) is 0. The van der Waals surface area contributed by atoms with Gasteiger partial charge in [-0.05, 0) is 18.4 Å². The van der Waals surface area contributed by atoms with Crippen LogP contribution < -0.4 is 5.32 Å². The van der Waals surface area contributed by atoms with Gasteiger partial charge in [-0.15, -0.1) is 11.8 Å². The fourth-order valence-electron chi connectivity index (χ4n) is 1.30. The first-order valence-electron chi connectivity index (χ1n) is 4.79. The first kappa shape index (κ1) is 11.5. The van der Waals surface area contributed by atoms with Crippen LogP contribution in [0.25, 0.3) is 0 Å². The van der Waals surface area contributed by atoms with Crippen LogP contribution in [0.5, 0.6) is 0 Å². The molecule has 2 heterocycles. The molecule has 1 aliphatic rings. The number of nitrogens with zero attached hydrogens (tertiary/aromatic N) is 2. The van der Waals surface area contributed by atoms with Crippen LogP contribution in [0.4, 0.5) is 0 Å². The van der Waals surface area contributed by atoms with Crippen molar-refractivity contribution in [3.63, 3.8) is 0 Å². The molecule has 0 spiro atoms. The number of nitrogens with one attached hydrogen (secondary N) is 1. The third-order valence-electron chi connectivity index (χ3n) is 2.02. The van der Waals surface area contributed by atoms with Gasteiger partial charge in [0.15, 0.2) is 5.17 Å². The average molecular weight is 253 g/mol. The number of aromatic nitrogens is 1. The maximum atomic E-state index is 11.9. The maximum Gasteiger partial charge on any atom is 0.259 e. The lowest BCUT2D eigenvalue weighted by Crippen LogP contribution is -2.27. The number of aliphatic imine (C=N–C) groups is 1. The molecule has 6 heteroatoms. The summed E-state index contributed by atoms with van der Waals surface area (Å²) in [4.78, 5) is 20.2. The second kappa shape index (κ2) is 5.36. The number of carbonyl (C=O) groups excluding carboxylic acids is 1. The molecule has 0 atom stereocenters. The standard InChI is InChI=1S/C10H11N3OS2/c1-15-9-7(3-2-4-11-9)8(14)13-10-12-5-6-16-10/h2-4H,5-6H2,1H3,(H,12,13,14).